The first-order valence-corrected chi connectivity index (χ1v) is 12.6. The van der Waals surface area contributed by atoms with Gasteiger partial charge in [-0.15, -0.1) is 0 Å². The summed E-state index contributed by atoms with van der Waals surface area (Å²) in [5, 5.41) is 17.1. The second-order valence-corrected chi connectivity index (χ2v) is 9.35. The molecule has 7 N–H and O–H groups in total. The van der Waals surface area contributed by atoms with E-state index in [1.807, 2.05) is 20.1 Å². The molecule has 0 fully saturated rings. The molecular formula is C20H34N6O5S2. The lowest BCUT2D eigenvalue weighted by atomic mass is 10.0. The Morgan fingerprint density at radius 3 is 2.24 bits per heavy atom. The molecule has 4 unspecified atom stereocenters. The summed E-state index contributed by atoms with van der Waals surface area (Å²) in [6.07, 6.45) is 5.47. The van der Waals surface area contributed by atoms with Crippen LogP contribution in [0.3, 0.4) is 0 Å². The van der Waals surface area contributed by atoms with Gasteiger partial charge in [0, 0.05) is 24.1 Å². The molecule has 1 rings (SSSR count). The number of carbonyl (C=O) groups excluding carboxylic acids is 3. The number of nitrogens with one attached hydrogen (secondary N) is 4. The lowest BCUT2D eigenvalue weighted by molar-refractivity contribution is -0.142. The molecule has 0 bridgehead atoms. The molecule has 0 aromatic carbocycles. The van der Waals surface area contributed by atoms with Crippen LogP contribution in [-0.4, -0.2) is 80.7 Å². The second kappa shape index (κ2) is 14.8. The number of carboxylic acid groups (broad SMARTS) is 1. The number of nitrogens with zero attached hydrogens (tertiary/aromatic N) is 1. The van der Waals surface area contributed by atoms with Crippen LogP contribution in [0.5, 0.6) is 0 Å². The highest BCUT2D eigenvalue weighted by atomic mass is 32.2. The van der Waals surface area contributed by atoms with Crippen LogP contribution in [0.25, 0.3) is 0 Å². The van der Waals surface area contributed by atoms with Crippen LogP contribution in [0.1, 0.15) is 32.4 Å². The van der Waals surface area contributed by atoms with E-state index >= 15 is 0 Å². The van der Waals surface area contributed by atoms with Gasteiger partial charge in [-0.05, 0) is 30.8 Å². The van der Waals surface area contributed by atoms with E-state index in [0.717, 1.165) is 0 Å². The summed E-state index contributed by atoms with van der Waals surface area (Å²) < 4.78 is 0. The quantitative estimate of drug-likeness (QED) is 0.158. The number of aromatic amines is 1. The third-order valence-corrected chi connectivity index (χ3v) is 5.72. The zero-order valence-electron chi connectivity index (χ0n) is 19.0. The second-order valence-electron chi connectivity index (χ2n) is 8.00. The average Bonchev–Trinajstić information content (AvgIpc) is 3.26. The third kappa shape index (κ3) is 10.5. The van der Waals surface area contributed by atoms with E-state index in [9.17, 15) is 24.3 Å². The van der Waals surface area contributed by atoms with Crippen LogP contribution in [0, 0.1) is 5.92 Å². The van der Waals surface area contributed by atoms with E-state index in [4.69, 9.17) is 5.73 Å². The molecule has 13 heteroatoms. The summed E-state index contributed by atoms with van der Waals surface area (Å²) >= 11 is 5.61. The summed E-state index contributed by atoms with van der Waals surface area (Å²) in [5.74, 6) is -2.17. The van der Waals surface area contributed by atoms with Gasteiger partial charge in [0.25, 0.3) is 0 Å². The summed E-state index contributed by atoms with van der Waals surface area (Å²) in [7, 11) is 0. The Labute approximate surface area is 203 Å². The summed E-state index contributed by atoms with van der Waals surface area (Å²) in [6, 6.07) is -3.96. The first-order chi connectivity index (χ1) is 15.6. The average molecular weight is 503 g/mol. The normalized spacial score (nSPS) is 14.7. The van der Waals surface area contributed by atoms with Crippen molar-refractivity contribution >= 4 is 48.1 Å². The Morgan fingerprint density at radius 2 is 1.73 bits per heavy atom. The van der Waals surface area contributed by atoms with E-state index in [-0.39, 0.29) is 24.5 Å². The minimum absolute atomic E-state index is 0.000411. The van der Waals surface area contributed by atoms with Crippen molar-refractivity contribution in [1.29, 1.82) is 0 Å². The van der Waals surface area contributed by atoms with Gasteiger partial charge in [-0.25, -0.2) is 9.78 Å². The Balaban J connectivity index is 2.83. The molecule has 3 amide bonds. The first kappa shape index (κ1) is 28.8. The largest absolute Gasteiger partial charge is 0.480 e. The Bertz CT molecular complexity index is 777. The monoisotopic (exact) mass is 502 g/mol. The van der Waals surface area contributed by atoms with Crippen molar-refractivity contribution in [2.45, 2.75) is 57.3 Å². The van der Waals surface area contributed by atoms with Gasteiger partial charge in [-0.1, -0.05) is 13.8 Å². The number of carboxylic acids is 1. The first-order valence-electron chi connectivity index (χ1n) is 10.6. The van der Waals surface area contributed by atoms with Gasteiger partial charge in [-0.2, -0.15) is 24.4 Å². The predicted molar refractivity (Wildman–Crippen MR) is 130 cm³/mol. The molecule has 11 nitrogen and oxygen atoms in total. The molecule has 0 saturated carbocycles. The van der Waals surface area contributed by atoms with Crippen molar-refractivity contribution in [2.75, 3.05) is 17.8 Å². The minimum atomic E-state index is -1.22. The van der Waals surface area contributed by atoms with Crippen molar-refractivity contribution in [3.8, 4) is 0 Å². The predicted octanol–water partition coefficient (Wildman–Crippen LogP) is -0.452. The molecule has 0 aliphatic carbocycles. The fraction of sp³-hybridized carbons (Fsp3) is 0.650. The van der Waals surface area contributed by atoms with E-state index in [2.05, 4.69) is 38.5 Å². The number of thioether (sulfide) groups is 1. The van der Waals surface area contributed by atoms with Crippen molar-refractivity contribution in [2.24, 2.45) is 11.7 Å². The van der Waals surface area contributed by atoms with E-state index in [0.29, 0.717) is 17.9 Å². The van der Waals surface area contributed by atoms with Crippen molar-refractivity contribution in [3.63, 3.8) is 0 Å². The zero-order chi connectivity index (χ0) is 25.0. The van der Waals surface area contributed by atoms with Crippen LogP contribution in [0.15, 0.2) is 12.5 Å². The molecule has 0 radical (unpaired) electrons. The summed E-state index contributed by atoms with van der Waals surface area (Å²) in [6.45, 7) is 3.86. The SMILES string of the molecule is CSCCC(NC(=O)C(CS)NC(=O)C(N)CC(C)C)C(=O)NC(Cc1cnc[nH]1)C(=O)O. The number of H-pyrrole nitrogens is 1. The van der Waals surface area contributed by atoms with Crippen LogP contribution in [0.2, 0.25) is 0 Å². The zero-order valence-corrected chi connectivity index (χ0v) is 20.7. The summed E-state index contributed by atoms with van der Waals surface area (Å²) in [4.78, 5) is 56.2. The van der Waals surface area contributed by atoms with Crippen LogP contribution in [-0.2, 0) is 25.6 Å². The number of amides is 3. The molecular weight excluding hydrogens is 468 g/mol. The number of aromatic nitrogens is 2. The fourth-order valence-electron chi connectivity index (χ4n) is 2.95. The topological polar surface area (TPSA) is 179 Å². The van der Waals surface area contributed by atoms with Crippen molar-refractivity contribution < 1.29 is 24.3 Å². The fourth-order valence-corrected chi connectivity index (χ4v) is 3.68. The van der Waals surface area contributed by atoms with Gasteiger partial charge in [0.2, 0.25) is 17.7 Å². The highest BCUT2D eigenvalue weighted by molar-refractivity contribution is 7.98. The van der Waals surface area contributed by atoms with Crippen molar-refractivity contribution in [3.05, 3.63) is 18.2 Å². The Kier molecular flexibility index (Phi) is 12.9. The van der Waals surface area contributed by atoms with Gasteiger partial charge in [0.1, 0.15) is 18.1 Å². The molecule has 0 aliphatic heterocycles. The molecule has 33 heavy (non-hydrogen) atoms. The highest BCUT2D eigenvalue weighted by Gasteiger charge is 2.30. The number of imidazole rings is 1. The number of aliphatic carboxylic acids is 1. The Morgan fingerprint density at radius 1 is 1.12 bits per heavy atom. The maximum atomic E-state index is 12.8. The van der Waals surface area contributed by atoms with Crippen LogP contribution >= 0.6 is 24.4 Å². The number of nitrogens with two attached hydrogens (primary N) is 1. The lowest BCUT2D eigenvalue weighted by Crippen LogP contribution is -2.58. The molecule has 0 saturated heterocycles. The molecule has 4 atom stereocenters. The lowest BCUT2D eigenvalue weighted by Gasteiger charge is -2.24. The molecule has 0 aliphatic rings. The number of hydrogen-bond donors (Lipinski definition) is 7. The maximum Gasteiger partial charge on any atom is 0.326 e. The van der Waals surface area contributed by atoms with E-state index < -0.39 is 47.9 Å². The van der Waals surface area contributed by atoms with Crippen LogP contribution in [0.4, 0.5) is 0 Å². The molecule has 1 heterocycles. The standard InChI is InChI=1S/C20H34N6O5S2/c1-11(2)6-13(21)17(27)26-16(9-32)19(29)24-14(4-5-33-3)18(28)25-15(20(30)31)7-12-8-22-10-23-12/h8,10-11,13-16,32H,4-7,9,21H2,1-3H3,(H,22,23)(H,24,29)(H,25,28)(H,26,27)(H,30,31). The molecule has 1 aromatic rings. The number of rotatable bonds is 15. The van der Waals surface area contributed by atoms with E-state index in [1.165, 1.54) is 24.3 Å². The number of hydrogen-bond acceptors (Lipinski definition) is 8. The summed E-state index contributed by atoms with van der Waals surface area (Å²) in [5.41, 5.74) is 6.42. The number of carbonyl (C=O) groups is 4. The third-order valence-electron chi connectivity index (χ3n) is 4.71. The van der Waals surface area contributed by atoms with Gasteiger partial charge in [0.05, 0.1) is 12.4 Å². The smallest absolute Gasteiger partial charge is 0.326 e. The Hall–Kier alpha value is -2.25. The van der Waals surface area contributed by atoms with E-state index in [1.54, 1.807) is 0 Å². The van der Waals surface area contributed by atoms with Crippen molar-refractivity contribution in [1.82, 2.24) is 25.9 Å². The molecule has 186 valence electrons. The maximum absolute atomic E-state index is 12.8. The van der Waals surface area contributed by atoms with Gasteiger partial charge < -0.3 is 31.8 Å². The number of thiol groups is 1. The highest BCUT2D eigenvalue weighted by Crippen LogP contribution is 2.06. The minimum Gasteiger partial charge on any atom is -0.480 e. The van der Waals surface area contributed by atoms with Gasteiger partial charge in [-0.3, -0.25) is 14.4 Å². The molecule has 1 aromatic heterocycles. The molecule has 0 spiro atoms. The van der Waals surface area contributed by atoms with Crippen LogP contribution < -0.4 is 21.7 Å². The van der Waals surface area contributed by atoms with Gasteiger partial charge in [0.15, 0.2) is 0 Å². The van der Waals surface area contributed by atoms with Gasteiger partial charge >= 0.3 is 5.97 Å².